The van der Waals surface area contributed by atoms with Gasteiger partial charge in [-0.05, 0) is 79.9 Å². The molecule has 0 heterocycles. The molecule has 17 heavy (non-hydrogen) atoms. The predicted octanol–water partition coefficient (Wildman–Crippen LogP) is 3.42. The average molecular weight is 229 g/mol. The smallest absolute Gasteiger partial charge is 0.0233 e. The number of nitrogens with zero attached hydrogens (tertiary/aromatic N) is 1. The lowest BCUT2D eigenvalue weighted by Gasteiger charge is -2.29. The largest absolute Gasteiger partial charge is 0.302 e. The van der Waals surface area contributed by atoms with Crippen molar-refractivity contribution in [1.82, 2.24) is 4.90 Å². The summed E-state index contributed by atoms with van der Waals surface area (Å²) in [6, 6.07) is 2.52. The zero-order chi connectivity index (χ0) is 12.0. The van der Waals surface area contributed by atoms with Gasteiger partial charge in [0.05, 0.1) is 0 Å². The highest BCUT2D eigenvalue weighted by Gasteiger charge is 2.30. The molecule has 1 fully saturated rings. The van der Waals surface area contributed by atoms with Crippen molar-refractivity contribution in [2.75, 3.05) is 13.6 Å². The SMILES string of the molecule is CCN(C)Cc1cc(C2CC2)c(C)c2c1CC2. The molecule has 92 valence electrons. The van der Waals surface area contributed by atoms with Crippen molar-refractivity contribution in [2.24, 2.45) is 0 Å². The normalized spacial score (nSPS) is 18.1. The highest BCUT2D eigenvalue weighted by molar-refractivity contribution is 5.52. The van der Waals surface area contributed by atoms with Crippen LogP contribution in [0.4, 0.5) is 0 Å². The van der Waals surface area contributed by atoms with Crippen molar-refractivity contribution in [3.05, 3.63) is 33.9 Å². The van der Waals surface area contributed by atoms with Gasteiger partial charge in [-0.1, -0.05) is 13.0 Å². The van der Waals surface area contributed by atoms with Crippen LogP contribution in [0.3, 0.4) is 0 Å². The van der Waals surface area contributed by atoms with Gasteiger partial charge < -0.3 is 4.90 Å². The van der Waals surface area contributed by atoms with E-state index >= 15 is 0 Å². The molecule has 0 amide bonds. The van der Waals surface area contributed by atoms with E-state index in [1.54, 1.807) is 27.8 Å². The van der Waals surface area contributed by atoms with Crippen LogP contribution in [0, 0.1) is 6.92 Å². The Morgan fingerprint density at radius 3 is 2.47 bits per heavy atom. The molecule has 0 aliphatic heterocycles. The molecular weight excluding hydrogens is 206 g/mol. The molecule has 1 heteroatoms. The molecule has 0 spiro atoms. The molecule has 0 aromatic heterocycles. The maximum Gasteiger partial charge on any atom is 0.0233 e. The summed E-state index contributed by atoms with van der Waals surface area (Å²) in [6.07, 6.45) is 5.48. The molecule has 0 radical (unpaired) electrons. The molecule has 0 N–H and O–H groups in total. The minimum Gasteiger partial charge on any atom is -0.302 e. The van der Waals surface area contributed by atoms with Gasteiger partial charge in [0.1, 0.15) is 0 Å². The van der Waals surface area contributed by atoms with Gasteiger partial charge in [-0.15, -0.1) is 0 Å². The second-order valence-electron chi connectivity index (χ2n) is 5.81. The van der Waals surface area contributed by atoms with E-state index in [0.717, 1.165) is 19.0 Å². The summed E-state index contributed by atoms with van der Waals surface area (Å²) in [5.74, 6) is 0.895. The van der Waals surface area contributed by atoms with Gasteiger partial charge in [-0.25, -0.2) is 0 Å². The standard InChI is InChI=1S/C16H23N/c1-4-17(3)10-13-9-16(12-5-6-12)11(2)14-7-8-15(13)14/h9,12H,4-8,10H2,1-3H3. The second-order valence-corrected chi connectivity index (χ2v) is 5.81. The maximum atomic E-state index is 2.52. The molecule has 0 atom stereocenters. The third kappa shape index (κ3) is 1.91. The summed E-state index contributed by atoms with van der Waals surface area (Å²) in [4.78, 5) is 2.42. The summed E-state index contributed by atoms with van der Waals surface area (Å²) < 4.78 is 0. The fourth-order valence-electron chi connectivity index (χ4n) is 3.06. The van der Waals surface area contributed by atoms with Gasteiger partial charge in [0.15, 0.2) is 0 Å². The van der Waals surface area contributed by atoms with E-state index in [1.165, 1.54) is 25.7 Å². The van der Waals surface area contributed by atoms with E-state index in [1.807, 2.05) is 0 Å². The van der Waals surface area contributed by atoms with Crippen molar-refractivity contribution in [3.63, 3.8) is 0 Å². The van der Waals surface area contributed by atoms with Crippen LogP contribution >= 0.6 is 0 Å². The topological polar surface area (TPSA) is 3.24 Å². The van der Waals surface area contributed by atoms with Crippen molar-refractivity contribution >= 4 is 0 Å². The number of hydrogen-bond acceptors (Lipinski definition) is 1. The Morgan fingerprint density at radius 2 is 1.94 bits per heavy atom. The van der Waals surface area contributed by atoms with Gasteiger partial charge >= 0.3 is 0 Å². The number of hydrogen-bond donors (Lipinski definition) is 0. The Morgan fingerprint density at radius 1 is 1.24 bits per heavy atom. The van der Waals surface area contributed by atoms with E-state index in [-0.39, 0.29) is 0 Å². The van der Waals surface area contributed by atoms with Gasteiger partial charge in [0.2, 0.25) is 0 Å². The van der Waals surface area contributed by atoms with Crippen LogP contribution in [0.1, 0.15) is 53.5 Å². The van der Waals surface area contributed by atoms with Crippen LogP contribution < -0.4 is 0 Å². The average Bonchev–Trinajstić information content (AvgIpc) is 3.05. The number of rotatable bonds is 4. The molecule has 1 nitrogen and oxygen atoms in total. The maximum absolute atomic E-state index is 2.52. The van der Waals surface area contributed by atoms with E-state index in [0.29, 0.717) is 0 Å². The van der Waals surface area contributed by atoms with Crippen LogP contribution in [-0.4, -0.2) is 18.5 Å². The summed E-state index contributed by atoms with van der Waals surface area (Å²) in [5, 5.41) is 0. The monoisotopic (exact) mass is 229 g/mol. The van der Waals surface area contributed by atoms with Crippen molar-refractivity contribution in [2.45, 2.75) is 52.0 Å². The third-order valence-electron chi connectivity index (χ3n) is 4.59. The first-order valence-electron chi connectivity index (χ1n) is 7.03. The molecule has 1 aromatic rings. The first-order chi connectivity index (χ1) is 8.20. The summed E-state index contributed by atoms with van der Waals surface area (Å²) in [7, 11) is 2.22. The lowest BCUT2D eigenvalue weighted by Crippen LogP contribution is -2.22. The molecule has 0 saturated heterocycles. The van der Waals surface area contributed by atoms with Gasteiger partial charge in [0.25, 0.3) is 0 Å². The highest BCUT2D eigenvalue weighted by Crippen LogP contribution is 2.45. The van der Waals surface area contributed by atoms with Crippen molar-refractivity contribution in [1.29, 1.82) is 0 Å². The van der Waals surface area contributed by atoms with Gasteiger partial charge in [0, 0.05) is 6.54 Å². The Balaban J connectivity index is 1.97. The zero-order valence-electron chi connectivity index (χ0n) is 11.3. The molecule has 2 aliphatic rings. The Kier molecular flexibility index (Phi) is 2.74. The zero-order valence-corrected chi connectivity index (χ0v) is 11.3. The summed E-state index contributed by atoms with van der Waals surface area (Å²) >= 11 is 0. The van der Waals surface area contributed by atoms with Crippen LogP contribution in [0.25, 0.3) is 0 Å². The van der Waals surface area contributed by atoms with Crippen molar-refractivity contribution in [3.8, 4) is 0 Å². The quantitative estimate of drug-likeness (QED) is 0.764. The summed E-state index contributed by atoms with van der Waals surface area (Å²) in [6.45, 7) is 6.86. The predicted molar refractivity (Wildman–Crippen MR) is 72.6 cm³/mol. The van der Waals surface area contributed by atoms with Gasteiger partial charge in [-0.2, -0.15) is 0 Å². The molecule has 3 rings (SSSR count). The minimum atomic E-state index is 0.895. The third-order valence-corrected chi connectivity index (χ3v) is 4.59. The molecule has 0 bridgehead atoms. The second kappa shape index (κ2) is 4.13. The number of benzene rings is 1. The Labute approximate surface area is 105 Å². The Hall–Kier alpha value is -0.820. The van der Waals surface area contributed by atoms with Crippen LogP contribution in [-0.2, 0) is 19.4 Å². The fourth-order valence-corrected chi connectivity index (χ4v) is 3.06. The Bertz CT molecular complexity index is 443. The van der Waals surface area contributed by atoms with E-state index in [4.69, 9.17) is 0 Å². The first kappa shape index (κ1) is 11.3. The van der Waals surface area contributed by atoms with Gasteiger partial charge in [-0.3, -0.25) is 0 Å². The first-order valence-corrected chi connectivity index (χ1v) is 7.03. The molecule has 2 aliphatic carbocycles. The van der Waals surface area contributed by atoms with E-state index in [2.05, 4.69) is 31.9 Å². The van der Waals surface area contributed by atoms with Crippen LogP contribution in [0.5, 0.6) is 0 Å². The molecular formula is C16H23N. The van der Waals surface area contributed by atoms with Crippen LogP contribution in [0.15, 0.2) is 6.07 Å². The molecule has 1 aromatic carbocycles. The number of fused-ring (bicyclic) bond motifs is 1. The van der Waals surface area contributed by atoms with Crippen molar-refractivity contribution < 1.29 is 0 Å². The highest BCUT2D eigenvalue weighted by atomic mass is 15.1. The lowest BCUT2D eigenvalue weighted by molar-refractivity contribution is 0.343. The fraction of sp³-hybridized carbons (Fsp3) is 0.625. The minimum absolute atomic E-state index is 0.895. The molecule has 1 saturated carbocycles. The lowest BCUT2D eigenvalue weighted by atomic mass is 9.78. The summed E-state index contributed by atoms with van der Waals surface area (Å²) in [5.41, 5.74) is 8.27. The van der Waals surface area contributed by atoms with E-state index < -0.39 is 0 Å². The molecule has 0 unspecified atom stereocenters. The van der Waals surface area contributed by atoms with E-state index in [9.17, 15) is 0 Å². The van der Waals surface area contributed by atoms with Crippen LogP contribution in [0.2, 0.25) is 0 Å².